The molecule has 3 nitrogen and oxygen atoms in total. The molecule has 0 aliphatic heterocycles. The van der Waals surface area contributed by atoms with Crippen LogP contribution in [0.2, 0.25) is 0 Å². The van der Waals surface area contributed by atoms with Crippen molar-refractivity contribution < 1.29 is 4.74 Å². The molecule has 0 amide bonds. The molecule has 0 aromatic carbocycles. The molecule has 0 spiro atoms. The molecular formula is C9H14N2O. The molecule has 1 heterocycles. The number of nitrogens with zero attached hydrogens (tertiary/aromatic N) is 1. The minimum Gasteiger partial charge on any atom is -0.383 e. The Morgan fingerprint density at radius 1 is 1.50 bits per heavy atom. The highest BCUT2D eigenvalue weighted by molar-refractivity contribution is 5.34. The van der Waals surface area contributed by atoms with Crippen LogP contribution in [0.1, 0.15) is 5.69 Å². The summed E-state index contributed by atoms with van der Waals surface area (Å²) < 4.78 is 4.90. The number of aromatic nitrogens is 1. The van der Waals surface area contributed by atoms with Crippen LogP contribution in [0.25, 0.3) is 0 Å². The summed E-state index contributed by atoms with van der Waals surface area (Å²) >= 11 is 0. The van der Waals surface area contributed by atoms with Crippen molar-refractivity contribution in [1.29, 1.82) is 0 Å². The highest BCUT2D eigenvalue weighted by Crippen LogP contribution is 2.02. The maximum absolute atomic E-state index is 4.90. The molecule has 1 N–H and O–H groups in total. The summed E-state index contributed by atoms with van der Waals surface area (Å²) in [5.41, 5.74) is 1.03. The van der Waals surface area contributed by atoms with Crippen molar-refractivity contribution >= 4 is 5.82 Å². The van der Waals surface area contributed by atoms with Gasteiger partial charge in [0.2, 0.25) is 0 Å². The maximum atomic E-state index is 4.90. The van der Waals surface area contributed by atoms with E-state index in [0.29, 0.717) is 6.61 Å². The molecule has 1 aromatic rings. The Labute approximate surface area is 72.8 Å². The minimum atomic E-state index is 0.704. The molecular weight excluding hydrogens is 152 g/mol. The number of hydrogen-bond acceptors (Lipinski definition) is 3. The van der Waals surface area contributed by atoms with Crippen molar-refractivity contribution in [1.82, 2.24) is 4.98 Å². The number of rotatable bonds is 4. The summed E-state index contributed by atoms with van der Waals surface area (Å²) in [5.74, 6) is 0.909. The molecule has 1 aromatic heterocycles. The van der Waals surface area contributed by atoms with E-state index in [4.69, 9.17) is 4.74 Å². The Balaban J connectivity index is 2.41. The molecule has 0 fully saturated rings. The van der Waals surface area contributed by atoms with Crippen molar-refractivity contribution in [3.63, 3.8) is 0 Å². The first kappa shape index (κ1) is 9.00. The first-order chi connectivity index (χ1) is 5.83. The molecule has 0 aliphatic rings. The highest BCUT2D eigenvalue weighted by atomic mass is 16.5. The molecule has 0 saturated heterocycles. The fraction of sp³-hybridized carbons (Fsp3) is 0.444. The average molecular weight is 166 g/mol. The van der Waals surface area contributed by atoms with Crippen LogP contribution in [0.3, 0.4) is 0 Å². The van der Waals surface area contributed by atoms with Crippen LogP contribution in [0.15, 0.2) is 18.2 Å². The number of pyridine rings is 1. The number of ether oxygens (including phenoxy) is 1. The van der Waals surface area contributed by atoms with Crippen LogP contribution in [0, 0.1) is 6.92 Å². The molecule has 12 heavy (non-hydrogen) atoms. The molecule has 0 unspecified atom stereocenters. The molecule has 0 atom stereocenters. The van der Waals surface area contributed by atoms with Crippen LogP contribution in [-0.4, -0.2) is 25.2 Å². The predicted molar refractivity (Wildman–Crippen MR) is 49.3 cm³/mol. The Bertz CT molecular complexity index is 238. The molecule has 0 bridgehead atoms. The summed E-state index contributed by atoms with van der Waals surface area (Å²) in [5, 5.41) is 3.15. The topological polar surface area (TPSA) is 34.1 Å². The molecule has 3 heteroatoms. The van der Waals surface area contributed by atoms with Gasteiger partial charge >= 0.3 is 0 Å². The Morgan fingerprint density at radius 3 is 3.00 bits per heavy atom. The highest BCUT2D eigenvalue weighted by Gasteiger charge is 1.91. The minimum absolute atomic E-state index is 0.704. The van der Waals surface area contributed by atoms with E-state index in [-0.39, 0.29) is 0 Å². The number of aryl methyl sites for hydroxylation is 1. The summed E-state index contributed by atoms with van der Waals surface area (Å²) in [7, 11) is 1.69. The van der Waals surface area contributed by atoms with E-state index in [2.05, 4.69) is 10.3 Å². The van der Waals surface area contributed by atoms with Gasteiger partial charge < -0.3 is 10.1 Å². The molecule has 0 aliphatic carbocycles. The van der Waals surface area contributed by atoms with Gasteiger partial charge in [0.25, 0.3) is 0 Å². The smallest absolute Gasteiger partial charge is 0.126 e. The van der Waals surface area contributed by atoms with Gasteiger partial charge in [-0.15, -0.1) is 0 Å². The zero-order valence-electron chi connectivity index (χ0n) is 7.50. The molecule has 0 radical (unpaired) electrons. The van der Waals surface area contributed by atoms with Crippen molar-refractivity contribution in [2.24, 2.45) is 0 Å². The van der Waals surface area contributed by atoms with E-state index >= 15 is 0 Å². The van der Waals surface area contributed by atoms with Gasteiger partial charge in [0.1, 0.15) is 5.82 Å². The zero-order chi connectivity index (χ0) is 8.81. The second-order valence-electron chi connectivity index (χ2n) is 2.58. The van der Waals surface area contributed by atoms with E-state index in [9.17, 15) is 0 Å². The van der Waals surface area contributed by atoms with Gasteiger partial charge in [0, 0.05) is 19.3 Å². The summed E-state index contributed by atoms with van der Waals surface area (Å²) in [6.07, 6.45) is 0. The van der Waals surface area contributed by atoms with E-state index in [1.807, 2.05) is 25.1 Å². The largest absolute Gasteiger partial charge is 0.383 e. The van der Waals surface area contributed by atoms with Crippen molar-refractivity contribution in [3.8, 4) is 0 Å². The van der Waals surface area contributed by atoms with Gasteiger partial charge in [0.15, 0.2) is 0 Å². The lowest BCUT2D eigenvalue weighted by atomic mass is 10.4. The summed E-state index contributed by atoms with van der Waals surface area (Å²) in [6, 6.07) is 5.90. The first-order valence-corrected chi connectivity index (χ1v) is 3.99. The van der Waals surface area contributed by atoms with E-state index in [0.717, 1.165) is 18.1 Å². The van der Waals surface area contributed by atoms with Crippen LogP contribution in [-0.2, 0) is 4.74 Å². The number of hydrogen-bond donors (Lipinski definition) is 1. The zero-order valence-corrected chi connectivity index (χ0v) is 7.50. The fourth-order valence-electron chi connectivity index (χ4n) is 0.923. The SMILES string of the molecule is COCCNc1cccc(C)n1. The third-order valence-electron chi connectivity index (χ3n) is 1.50. The lowest BCUT2D eigenvalue weighted by molar-refractivity contribution is 0.210. The lowest BCUT2D eigenvalue weighted by Crippen LogP contribution is -2.08. The third-order valence-corrected chi connectivity index (χ3v) is 1.50. The average Bonchev–Trinajstić information content (AvgIpc) is 2.05. The van der Waals surface area contributed by atoms with Gasteiger partial charge in [-0.05, 0) is 19.1 Å². The monoisotopic (exact) mass is 166 g/mol. The lowest BCUT2D eigenvalue weighted by Gasteiger charge is -2.04. The van der Waals surface area contributed by atoms with E-state index < -0.39 is 0 Å². The standard InChI is InChI=1S/C9H14N2O/c1-8-4-3-5-9(11-8)10-6-7-12-2/h3-5H,6-7H2,1-2H3,(H,10,11). The van der Waals surface area contributed by atoms with E-state index in [1.165, 1.54) is 0 Å². The maximum Gasteiger partial charge on any atom is 0.126 e. The summed E-state index contributed by atoms with van der Waals surface area (Å²) in [4.78, 5) is 4.28. The quantitative estimate of drug-likeness (QED) is 0.687. The first-order valence-electron chi connectivity index (χ1n) is 3.99. The van der Waals surface area contributed by atoms with Crippen molar-refractivity contribution in [2.75, 3.05) is 25.6 Å². The molecule has 0 saturated carbocycles. The normalized spacial score (nSPS) is 9.83. The molecule has 66 valence electrons. The Hall–Kier alpha value is -1.09. The van der Waals surface area contributed by atoms with Crippen LogP contribution in [0.4, 0.5) is 5.82 Å². The third kappa shape index (κ3) is 2.88. The van der Waals surface area contributed by atoms with Gasteiger partial charge in [-0.1, -0.05) is 6.07 Å². The number of nitrogens with one attached hydrogen (secondary N) is 1. The van der Waals surface area contributed by atoms with E-state index in [1.54, 1.807) is 7.11 Å². The van der Waals surface area contributed by atoms with Crippen LogP contribution < -0.4 is 5.32 Å². The van der Waals surface area contributed by atoms with Gasteiger partial charge in [-0.3, -0.25) is 0 Å². The van der Waals surface area contributed by atoms with Crippen molar-refractivity contribution in [3.05, 3.63) is 23.9 Å². The Morgan fingerprint density at radius 2 is 2.33 bits per heavy atom. The second kappa shape index (κ2) is 4.72. The van der Waals surface area contributed by atoms with Gasteiger partial charge in [0.05, 0.1) is 6.61 Å². The Kier molecular flexibility index (Phi) is 3.54. The van der Waals surface area contributed by atoms with Crippen LogP contribution >= 0.6 is 0 Å². The van der Waals surface area contributed by atoms with Crippen LogP contribution in [0.5, 0.6) is 0 Å². The summed E-state index contributed by atoms with van der Waals surface area (Å²) in [6.45, 7) is 3.48. The fourth-order valence-corrected chi connectivity index (χ4v) is 0.923. The number of anilines is 1. The molecule has 1 rings (SSSR count). The van der Waals surface area contributed by atoms with Gasteiger partial charge in [-0.25, -0.2) is 4.98 Å². The van der Waals surface area contributed by atoms with Crippen molar-refractivity contribution in [2.45, 2.75) is 6.92 Å². The van der Waals surface area contributed by atoms with Gasteiger partial charge in [-0.2, -0.15) is 0 Å². The second-order valence-corrected chi connectivity index (χ2v) is 2.58. The number of methoxy groups -OCH3 is 1. The predicted octanol–water partition coefficient (Wildman–Crippen LogP) is 1.45.